The van der Waals surface area contributed by atoms with Gasteiger partial charge in [-0.1, -0.05) is 35.9 Å². The lowest BCUT2D eigenvalue weighted by molar-refractivity contribution is -0.156. The van der Waals surface area contributed by atoms with E-state index in [4.69, 9.17) is 9.47 Å². The van der Waals surface area contributed by atoms with Gasteiger partial charge in [0.2, 0.25) is 10.0 Å². The summed E-state index contributed by atoms with van der Waals surface area (Å²) in [7, 11) is -2.36. The van der Waals surface area contributed by atoms with E-state index in [9.17, 15) is 18.0 Å². The number of methoxy groups -OCH3 is 1. The molecular formula is C21H26N2O6S. The number of carbonyl (C=O) groups excluding carboxylic acids is 2. The van der Waals surface area contributed by atoms with Crippen LogP contribution in [0.3, 0.4) is 0 Å². The number of amides is 1. The molecule has 0 saturated heterocycles. The predicted molar refractivity (Wildman–Crippen MR) is 111 cm³/mol. The number of rotatable bonds is 9. The first-order chi connectivity index (χ1) is 14.1. The third-order valence-electron chi connectivity index (χ3n) is 4.32. The predicted octanol–water partition coefficient (Wildman–Crippen LogP) is 1.92. The fraction of sp³-hybridized carbons (Fsp3) is 0.333. The Labute approximate surface area is 176 Å². The highest BCUT2D eigenvalue weighted by molar-refractivity contribution is 7.89. The highest BCUT2D eigenvalue weighted by atomic mass is 32.2. The Morgan fingerprint density at radius 1 is 1.03 bits per heavy atom. The summed E-state index contributed by atoms with van der Waals surface area (Å²) in [6, 6.07) is 12.2. The Kier molecular flexibility index (Phi) is 7.96. The van der Waals surface area contributed by atoms with Crippen molar-refractivity contribution in [1.82, 2.24) is 10.0 Å². The highest BCUT2D eigenvalue weighted by Crippen LogP contribution is 2.17. The number of sulfonamides is 1. The summed E-state index contributed by atoms with van der Waals surface area (Å²) in [4.78, 5) is 24.5. The minimum atomic E-state index is -3.90. The molecule has 1 amide bonds. The molecule has 0 heterocycles. The van der Waals surface area contributed by atoms with Crippen LogP contribution in [0, 0.1) is 6.92 Å². The SMILES string of the molecule is COc1ccccc1CNC(=O)C(C)OC(=O)[C@H](C)NS(=O)(=O)c1ccc(C)cc1. The van der Waals surface area contributed by atoms with Gasteiger partial charge in [-0.25, -0.2) is 8.42 Å². The van der Waals surface area contributed by atoms with Crippen LogP contribution < -0.4 is 14.8 Å². The van der Waals surface area contributed by atoms with Gasteiger partial charge >= 0.3 is 5.97 Å². The first-order valence-corrected chi connectivity index (χ1v) is 10.8. The average Bonchev–Trinajstić information content (AvgIpc) is 2.71. The maximum absolute atomic E-state index is 12.4. The topological polar surface area (TPSA) is 111 Å². The summed E-state index contributed by atoms with van der Waals surface area (Å²) in [6.45, 7) is 4.80. The average molecular weight is 435 g/mol. The lowest BCUT2D eigenvalue weighted by Gasteiger charge is -2.18. The summed E-state index contributed by atoms with van der Waals surface area (Å²) in [5, 5.41) is 2.66. The molecule has 2 aromatic carbocycles. The Hall–Kier alpha value is -2.91. The second-order valence-corrected chi connectivity index (χ2v) is 8.48. The Balaban J connectivity index is 1.90. The molecule has 0 saturated carbocycles. The maximum atomic E-state index is 12.4. The lowest BCUT2D eigenvalue weighted by Crippen LogP contribution is -2.43. The van der Waals surface area contributed by atoms with Gasteiger partial charge in [0.25, 0.3) is 5.91 Å². The minimum Gasteiger partial charge on any atom is -0.496 e. The summed E-state index contributed by atoms with van der Waals surface area (Å²) < 4.78 is 37.4. The Morgan fingerprint density at radius 2 is 1.67 bits per heavy atom. The van der Waals surface area contributed by atoms with Crippen molar-refractivity contribution < 1.29 is 27.5 Å². The van der Waals surface area contributed by atoms with Crippen molar-refractivity contribution in [3.63, 3.8) is 0 Å². The third kappa shape index (κ3) is 6.30. The fourth-order valence-electron chi connectivity index (χ4n) is 2.57. The van der Waals surface area contributed by atoms with Crippen molar-refractivity contribution in [2.24, 2.45) is 0 Å². The van der Waals surface area contributed by atoms with Crippen molar-refractivity contribution in [1.29, 1.82) is 0 Å². The molecule has 9 heteroatoms. The zero-order valence-electron chi connectivity index (χ0n) is 17.3. The van der Waals surface area contributed by atoms with Crippen molar-refractivity contribution >= 4 is 21.9 Å². The zero-order valence-corrected chi connectivity index (χ0v) is 18.2. The molecule has 162 valence electrons. The molecule has 2 aromatic rings. The van der Waals surface area contributed by atoms with Crippen LogP contribution in [0.25, 0.3) is 0 Å². The molecule has 0 fully saturated rings. The summed E-state index contributed by atoms with van der Waals surface area (Å²) in [5.41, 5.74) is 1.68. The molecular weight excluding hydrogens is 408 g/mol. The molecule has 0 aliphatic carbocycles. The third-order valence-corrected chi connectivity index (χ3v) is 5.88. The van der Waals surface area contributed by atoms with E-state index < -0.39 is 34.0 Å². The summed E-state index contributed by atoms with van der Waals surface area (Å²) >= 11 is 0. The van der Waals surface area contributed by atoms with Crippen LogP contribution in [0.2, 0.25) is 0 Å². The Bertz CT molecular complexity index is 989. The molecule has 0 aliphatic heterocycles. The van der Waals surface area contributed by atoms with E-state index >= 15 is 0 Å². The molecule has 0 aromatic heterocycles. The fourth-order valence-corrected chi connectivity index (χ4v) is 3.76. The first-order valence-electron chi connectivity index (χ1n) is 9.33. The van der Waals surface area contributed by atoms with E-state index in [1.165, 1.54) is 33.1 Å². The van der Waals surface area contributed by atoms with Gasteiger partial charge in [-0.15, -0.1) is 0 Å². The normalized spacial score (nSPS) is 13.2. The van der Waals surface area contributed by atoms with E-state index in [-0.39, 0.29) is 11.4 Å². The van der Waals surface area contributed by atoms with Crippen molar-refractivity contribution in [2.75, 3.05) is 7.11 Å². The molecule has 30 heavy (non-hydrogen) atoms. The van der Waals surface area contributed by atoms with Crippen LogP contribution >= 0.6 is 0 Å². The highest BCUT2D eigenvalue weighted by Gasteiger charge is 2.26. The molecule has 2 rings (SSSR count). The minimum absolute atomic E-state index is 0.0374. The van der Waals surface area contributed by atoms with E-state index in [2.05, 4.69) is 10.0 Å². The summed E-state index contributed by atoms with van der Waals surface area (Å²) in [5.74, 6) is -0.741. The molecule has 0 radical (unpaired) electrons. The number of hydrogen-bond acceptors (Lipinski definition) is 6. The smallest absolute Gasteiger partial charge is 0.324 e. The van der Waals surface area contributed by atoms with E-state index in [1.807, 2.05) is 19.1 Å². The molecule has 0 aliphatic rings. The standard InChI is InChI=1S/C21H26N2O6S/c1-14-9-11-18(12-10-14)30(26,27)23-15(2)21(25)29-16(3)20(24)22-13-17-7-5-6-8-19(17)28-4/h5-12,15-16,23H,13H2,1-4H3,(H,22,24)/t15-,16?/m0/s1. The van der Waals surface area contributed by atoms with Crippen molar-refractivity contribution in [2.45, 2.75) is 44.4 Å². The van der Waals surface area contributed by atoms with Gasteiger partial charge in [0.15, 0.2) is 6.10 Å². The number of carbonyl (C=O) groups is 2. The Morgan fingerprint density at radius 3 is 2.30 bits per heavy atom. The summed E-state index contributed by atoms with van der Waals surface area (Å²) in [6.07, 6.45) is -1.10. The van der Waals surface area contributed by atoms with Gasteiger partial charge in [-0.05, 0) is 39.0 Å². The number of para-hydroxylation sites is 1. The van der Waals surface area contributed by atoms with Gasteiger partial charge in [0, 0.05) is 12.1 Å². The molecule has 2 atom stereocenters. The first kappa shape index (κ1) is 23.4. The van der Waals surface area contributed by atoms with Crippen LogP contribution in [-0.2, 0) is 30.9 Å². The van der Waals surface area contributed by atoms with E-state index in [0.29, 0.717) is 5.75 Å². The van der Waals surface area contributed by atoms with Crippen molar-refractivity contribution in [3.05, 3.63) is 59.7 Å². The van der Waals surface area contributed by atoms with Gasteiger partial charge in [0.05, 0.1) is 12.0 Å². The van der Waals surface area contributed by atoms with Crippen LogP contribution in [0.1, 0.15) is 25.0 Å². The molecule has 2 N–H and O–H groups in total. The van der Waals surface area contributed by atoms with Crippen molar-refractivity contribution in [3.8, 4) is 5.75 Å². The van der Waals surface area contributed by atoms with Gasteiger partial charge < -0.3 is 14.8 Å². The second-order valence-electron chi connectivity index (χ2n) is 6.76. The van der Waals surface area contributed by atoms with Gasteiger partial charge in [0.1, 0.15) is 11.8 Å². The second kappa shape index (κ2) is 10.2. The molecule has 8 nitrogen and oxygen atoms in total. The number of hydrogen-bond donors (Lipinski definition) is 2. The maximum Gasteiger partial charge on any atom is 0.324 e. The number of nitrogens with one attached hydrogen (secondary N) is 2. The van der Waals surface area contributed by atoms with Crippen LogP contribution in [0.5, 0.6) is 5.75 Å². The monoisotopic (exact) mass is 434 g/mol. The van der Waals surface area contributed by atoms with Gasteiger partial charge in [-0.2, -0.15) is 4.72 Å². The largest absolute Gasteiger partial charge is 0.496 e. The number of ether oxygens (including phenoxy) is 2. The number of aryl methyl sites for hydroxylation is 1. The number of esters is 1. The molecule has 0 spiro atoms. The van der Waals surface area contributed by atoms with Crippen LogP contribution in [0.4, 0.5) is 0 Å². The molecule has 0 bridgehead atoms. The van der Waals surface area contributed by atoms with E-state index in [1.54, 1.807) is 24.3 Å². The zero-order chi connectivity index (χ0) is 22.3. The quantitative estimate of drug-likeness (QED) is 0.584. The van der Waals surface area contributed by atoms with Gasteiger partial charge in [-0.3, -0.25) is 9.59 Å². The van der Waals surface area contributed by atoms with Crippen LogP contribution in [-0.4, -0.2) is 39.5 Å². The number of benzene rings is 2. The molecule has 1 unspecified atom stereocenters. The van der Waals surface area contributed by atoms with E-state index in [0.717, 1.165) is 11.1 Å². The van der Waals surface area contributed by atoms with Crippen LogP contribution in [0.15, 0.2) is 53.4 Å². The lowest BCUT2D eigenvalue weighted by atomic mass is 10.2.